The largest absolute Gasteiger partial charge is 0.493 e. The Balaban J connectivity index is 1.79. The molecule has 2 N–H and O–H groups in total. The number of carboxylic acid groups (broad SMARTS) is 1. The van der Waals surface area contributed by atoms with E-state index in [1.807, 2.05) is 12.1 Å². The van der Waals surface area contributed by atoms with Gasteiger partial charge in [-0.1, -0.05) is 15.9 Å². The Labute approximate surface area is 129 Å². The van der Waals surface area contributed by atoms with Crippen molar-refractivity contribution in [3.05, 3.63) is 45.7 Å². The molecule has 2 heterocycles. The number of benzene rings is 1. The van der Waals surface area contributed by atoms with Crippen molar-refractivity contribution < 1.29 is 14.6 Å². The average Bonchev–Trinajstić information content (AvgIpc) is 2.93. The Morgan fingerprint density at radius 2 is 2.33 bits per heavy atom. The van der Waals surface area contributed by atoms with Gasteiger partial charge in [-0.3, -0.25) is 0 Å². The molecule has 1 aromatic carbocycles. The van der Waals surface area contributed by atoms with Gasteiger partial charge in [0.25, 0.3) is 0 Å². The van der Waals surface area contributed by atoms with Crippen molar-refractivity contribution in [1.29, 1.82) is 0 Å². The summed E-state index contributed by atoms with van der Waals surface area (Å²) in [4.78, 5) is 18.8. The lowest BCUT2D eigenvalue weighted by Crippen LogP contribution is -2.08. The van der Waals surface area contributed by atoms with Gasteiger partial charge in [0.2, 0.25) is 5.95 Å². The van der Waals surface area contributed by atoms with Crippen molar-refractivity contribution in [3.8, 4) is 5.75 Å². The first-order valence-corrected chi connectivity index (χ1v) is 7.17. The summed E-state index contributed by atoms with van der Waals surface area (Å²) in [5, 5.41) is 11.9. The van der Waals surface area contributed by atoms with Gasteiger partial charge in [0.1, 0.15) is 5.75 Å². The zero-order valence-corrected chi connectivity index (χ0v) is 12.6. The van der Waals surface area contributed by atoms with Gasteiger partial charge >= 0.3 is 5.97 Å². The maximum atomic E-state index is 10.9. The monoisotopic (exact) mass is 349 g/mol. The molecule has 1 aliphatic heterocycles. The molecule has 0 spiro atoms. The number of hydrogen-bond donors (Lipinski definition) is 2. The third-order valence-electron chi connectivity index (χ3n) is 3.14. The maximum Gasteiger partial charge on any atom is 0.354 e. The fourth-order valence-electron chi connectivity index (χ4n) is 2.21. The van der Waals surface area contributed by atoms with E-state index in [9.17, 15) is 4.79 Å². The Bertz CT molecular complexity index is 706. The highest BCUT2D eigenvalue weighted by Gasteiger charge is 2.17. The van der Waals surface area contributed by atoms with Gasteiger partial charge in [0.15, 0.2) is 5.69 Å². The minimum Gasteiger partial charge on any atom is -0.493 e. The molecule has 0 saturated heterocycles. The number of hydrogen-bond acceptors (Lipinski definition) is 5. The van der Waals surface area contributed by atoms with Crippen LogP contribution in [0.25, 0.3) is 0 Å². The van der Waals surface area contributed by atoms with Crippen LogP contribution in [0, 0.1) is 0 Å². The van der Waals surface area contributed by atoms with Gasteiger partial charge in [-0.2, -0.15) is 0 Å². The summed E-state index contributed by atoms with van der Waals surface area (Å²) >= 11 is 3.48. The predicted molar refractivity (Wildman–Crippen MR) is 79.7 cm³/mol. The zero-order chi connectivity index (χ0) is 14.8. The molecule has 1 aromatic heterocycles. The third kappa shape index (κ3) is 2.97. The van der Waals surface area contributed by atoms with Crippen molar-refractivity contribution in [2.24, 2.45) is 0 Å². The highest BCUT2D eigenvalue weighted by molar-refractivity contribution is 9.10. The number of carboxylic acids is 1. The number of rotatable bonds is 4. The van der Waals surface area contributed by atoms with Crippen molar-refractivity contribution in [3.63, 3.8) is 0 Å². The number of anilines is 1. The Morgan fingerprint density at radius 3 is 3.14 bits per heavy atom. The van der Waals surface area contributed by atoms with E-state index in [0.717, 1.165) is 22.2 Å². The fourth-order valence-corrected chi connectivity index (χ4v) is 2.77. The number of halogens is 1. The molecule has 0 fully saturated rings. The summed E-state index contributed by atoms with van der Waals surface area (Å²) < 4.78 is 6.63. The Morgan fingerprint density at radius 1 is 1.48 bits per heavy atom. The van der Waals surface area contributed by atoms with Crippen LogP contribution in [0.15, 0.2) is 28.9 Å². The van der Waals surface area contributed by atoms with E-state index in [-0.39, 0.29) is 11.6 Å². The van der Waals surface area contributed by atoms with Gasteiger partial charge < -0.3 is 15.2 Å². The first kappa shape index (κ1) is 13.8. The topological polar surface area (TPSA) is 84.3 Å². The quantitative estimate of drug-likeness (QED) is 0.881. The molecular weight excluding hydrogens is 338 g/mol. The molecule has 0 unspecified atom stereocenters. The minimum atomic E-state index is -1.08. The van der Waals surface area contributed by atoms with Crippen LogP contribution in [0.5, 0.6) is 5.75 Å². The van der Waals surface area contributed by atoms with E-state index in [1.54, 1.807) is 0 Å². The molecule has 0 saturated carbocycles. The van der Waals surface area contributed by atoms with Crippen molar-refractivity contribution in [1.82, 2.24) is 9.97 Å². The van der Waals surface area contributed by atoms with Gasteiger partial charge in [0.05, 0.1) is 6.61 Å². The minimum absolute atomic E-state index is 0.0387. The van der Waals surface area contributed by atoms with Crippen LogP contribution in [0.1, 0.15) is 21.6 Å². The number of aromatic carboxylic acids is 1. The molecule has 7 heteroatoms. The molecule has 3 rings (SSSR count). The van der Waals surface area contributed by atoms with E-state index in [4.69, 9.17) is 9.84 Å². The summed E-state index contributed by atoms with van der Waals surface area (Å²) in [6.07, 6.45) is 2.31. The molecule has 21 heavy (non-hydrogen) atoms. The van der Waals surface area contributed by atoms with Gasteiger partial charge in [-0.15, -0.1) is 0 Å². The van der Waals surface area contributed by atoms with Crippen LogP contribution in [0.3, 0.4) is 0 Å². The average molecular weight is 350 g/mol. The van der Waals surface area contributed by atoms with Crippen molar-refractivity contribution >= 4 is 27.8 Å². The summed E-state index contributed by atoms with van der Waals surface area (Å²) in [6, 6.07) is 5.37. The Hall–Kier alpha value is -2.15. The molecule has 0 atom stereocenters. The second kappa shape index (κ2) is 5.69. The summed E-state index contributed by atoms with van der Waals surface area (Å²) in [5.41, 5.74) is 2.12. The van der Waals surface area contributed by atoms with Gasteiger partial charge in [-0.05, 0) is 23.8 Å². The number of fused-ring (bicyclic) bond motifs is 1. The number of ether oxygens (including phenoxy) is 1. The van der Waals surface area contributed by atoms with Gasteiger partial charge in [-0.25, -0.2) is 14.8 Å². The predicted octanol–water partition coefficient (Wildman–Crippen LogP) is 2.48. The summed E-state index contributed by atoms with van der Waals surface area (Å²) in [5.74, 6) is 0.0915. The van der Waals surface area contributed by atoms with Crippen LogP contribution >= 0.6 is 15.9 Å². The number of carbonyl (C=O) groups is 1. The lowest BCUT2D eigenvalue weighted by atomic mass is 10.1. The molecule has 1 aliphatic rings. The first-order chi connectivity index (χ1) is 10.1. The van der Waals surface area contributed by atoms with E-state index in [0.29, 0.717) is 13.2 Å². The van der Waals surface area contributed by atoms with Crippen molar-refractivity contribution in [2.45, 2.75) is 13.0 Å². The SMILES string of the molecule is O=C(O)c1ccnc(NCc2cc(Br)cc3c2OCC3)n1. The molecule has 108 valence electrons. The highest BCUT2D eigenvalue weighted by atomic mass is 79.9. The highest BCUT2D eigenvalue weighted by Crippen LogP contribution is 2.33. The second-order valence-electron chi connectivity index (χ2n) is 4.58. The van der Waals surface area contributed by atoms with Crippen molar-refractivity contribution in [2.75, 3.05) is 11.9 Å². The van der Waals surface area contributed by atoms with E-state index >= 15 is 0 Å². The normalized spacial score (nSPS) is 12.6. The number of nitrogens with one attached hydrogen (secondary N) is 1. The zero-order valence-electron chi connectivity index (χ0n) is 11.0. The molecule has 6 nitrogen and oxygen atoms in total. The molecular formula is C14H12BrN3O3. The third-order valence-corrected chi connectivity index (χ3v) is 3.59. The number of nitrogens with zero attached hydrogens (tertiary/aromatic N) is 2. The molecule has 0 radical (unpaired) electrons. The number of aromatic nitrogens is 2. The smallest absolute Gasteiger partial charge is 0.354 e. The summed E-state index contributed by atoms with van der Waals surface area (Å²) in [7, 11) is 0. The van der Waals surface area contributed by atoms with E-state index in [2.05, 4.69) is 31.2 Å². The van der Waals surface area contributed by atoms with Crippen LogP contribution in [-0.2, 0) is 13.0 Å². The van der Waals surface area contributed by atoms with E-state index in [1.165, 1.54) is 17.8 Å². The molecule has 2 aromatic rings. The van der Waals surface area contributed by atoms with Crippen LogP contribution < -0.4 is 10.1 Å². The lowest BCUT2D eigenvalue weighted by Gasteiger charge is -2.10. The maximum absolute atomic E-state index is 10.9. The first-order valence-electron chi connectivity index (χ1n) is 6.38. The summed E-state index contributed by atoms with van der Waals surface area (Å²) in [6.45, 7) is 1.15. The van der Waals surface area contributed by atoms with Crippen LogP contribution in [0.2, 0.25) is 0 Å². The van der Waals surface area contributed by atoms with Crippen LogP contribution in [-0.4, -0.2) is 27.7 Å². The fraction of sp³-hybridized carbons (Fsp3) is 0.214. The van der Waals surface area contributed by atoms with Crippen LogP contribution in [0.4, 0.5) is 5.95 Å². The standard InChI is InChI=1S/C14H12BrN3O3/c15-10-5-8-2-4-21-12(8)9(6-10)7-17-14-16-3-1-11(18-14)13(19)20/h1,3,5-6H,2,4,7H2,(H,19,20)(H,16,17,18). The van der Waals surface area contributed by atoms with Gasteiger partial charge in [0, 0.05) is 29.2 Å². The second-order valence-corrected chi connectivity index (χ2v) is 5.49. The lowest BCUT2D eigenvalue weighted by molar-refractivity contribution is 0.0690. The molecule has 0 aliphatic carbocycles. The van der Waals surface area contributed by atoms with E-state index < -0.39 is 5.97 Å². The Kier molecular flexibility index (Phi) is 3.74. The molecule has 0 amide bonds. The molecule has 0 bridgehead atoms.